The van der Waals surface area contributed by atoms with E-state index in [9.17, 15) is 40.2 Å². The first-order valence-electron chi connectivity index (χ1n) is 11.8. The summed E-state index contributed by atoms with van der Waals surface area (Å²) in [6.45, 7) is 1.05. The molecule has 6 N–H and O–H groups in total. The Labute approximate surface area is 212 Å². The third-order valence-electron chi connectivity index (χ3n) is 7.01. The van der Waals surface area contributed by atoms with Crippen LogP contribution in [0.25, 0.3) is 6.08 Å². The molecule has 0 aromatic heterocycles. The lowest BCUT2D eigenvalue weighted by molar-refractivity contribution is -0.346. The van der Waals surface area contributed by atoms with Crippen LogP contribution in [0.4, 0.5) is 0 Å². The largest absolute Gasteiger partial charge is 0.508 e. The maximum absolute atomic E-state index is 12.1. The second-order valence-corrected chi connectivity index (χ2v) is 9.62. The third kappa shape index (κ3) is 5.79. The molecule has 12 nitrogen and oxygen atoms in total. The van der Waals surface area contributed by atoms with E-state index >= 15 is 0 Å². The Morgan fingerprint density at radius 1 is 1.11 bits per heavy atom. The van der Waals surface area contributed by atoms with E-state index in [1.54, 1.807) is 12.1 Å². The van der Waals surface area contributed by atoms with Gasteiger partial charge in [-0.05, 0) is 43.5 Å². The number of ether oxygens (including phenoxy) is 4. The summed E-state index contributed by atoms with van der Waals surface area (Å²) in [6.07, 6.45) is -4.79. The van der Waals surface area contributed by atoms with Crippen LogP contribution in [0.3, 0.4) is 0 Å². The number of aromatic hydroxyl groups is 1. The minimum atomic E-state index is -1.72. The fraction of sp³-hybridized carbons (Fsp3) is 0.520. The third-order valence-corrected chi connectivity index (χ3v) is 7.01. The van der Waals surface area contributed by atoms with Crippen molar-refractivity contribution in [2.24, 2.45) is 11.8 Å². The van der Waals surface area contributed by atoms with Crippen molar-refractivity contribution in [1.82, 2.24) is 0 Å². The van der Waals surface area contributed by atoms with Crippen LogP contribution in [0.5, 0.6) is 5.75 Å². The molecule has 0 spiro atoms. The number of fused-ring (bicyclic) bond motifs is 1. The molecule has 12 heteroatoms. The van der Waals surface area contributed by atoms with Crippen LogP contribution in [-0.2, 0) is 28.5 Å². The normalized spacial score (nSPS) is 37.5. The second kappa shape index (κ2) is 10.8. The van der Waals surface area contributed by atoms with E-state index < -0.39 is 73.0 Å². The number of carboxylic acids is 1. The molecule has 1 aromatic carbocycles. The number of rotatable bonds is 7. The molecule has 3 aliphatic rings. The number of aliphatic carboxylic acids is 1. The van der Waals surface area contributed by atoms with Gasteiger partial charge in [0.05, 0.1) is 23.4 Å². The monoisotopic (exact) mass is 522 g/mol. The summed E-state index contributed by atoms with van der Waals surface area (Å²) >= 11 is 0. The molecule has 0 unspecified atom stereocenters. The standard InChI is InChI=1S/C25H30O12/c1-25(33)9-8-14-15(22(31)32)10-35-23(18(14)25)37-24-21(30)20(29)19(28)16(36-24)11-34-17(27)7-4-12-2-5-13(26)6-3-12/h2-7,10,14,16,18-21,23-24,26,28-30,33H,8-9,11H2,1H3,(H,31,32)/b7-4+/t14-,16-,18-,19+,20+,21-,23+,24+,25-/m1/s1. The number of phenols is 1. The highest BCUT2D eigenvalue weighted by Gasteiger charge is 2.56. The second-order valence-electron chi connectivity index (χ2n) is 9.62. The van der Waals surface area contributed by atoms with Gasteiger partial charge >= 0.3 is 11.9 Å². The zero-order chi connectivity index (χ0) is 26.9. The van der Waals surface area contributed by atoms with Crippen molar-refractivity contribution in [2.75, 3.05) is 6.61 Å². The average molecular weight is 523 g/mol. The Kier molecular flexibility index (Phi) is 7.88. The van der Waals surface area contributed by atoms with Crippen LogP contribution in [0, 0.1) is 11.8 Å². The predicted molar refractivity (Wildman–Crippen MR) is 123 cm³/mol. The number of carbonyl (C=O) groups excluding carboxylic acids is 1. The Balaban J connectivity index is 1.41. The Hall–Kier alpha value is -3.00. The predicted octanol–water partition coefficient (Wildman–Crippen LogP) is -0.125. The van der Waals surface area contributed by atoms with E-state index in [1.165, 1.54) is 25.1 Å². The van der Waals surface area contributed by atoms with Crippen LogP contribution in [0.2, 0.25) is 0 Å². The van der Waals surface area contributed by atoms with E-state index in [1.807, 2.05) is 0 Å². The van der Waals surface area contributed by atoms with Crippen LogP contribution in [-0.4, -0.2) is 91.8 Å². The summed E-state index contributed by atoms with van der Waals surface area (Å²) in [4.78, 5) is 23.7. The molecule has 1 saturated heterocycles. The van der Waals surface area contributed by atoms with Crippen LogP contribution < -0.4 is 0 Å². The number of esters is 1. The highest BCUT2D eigenvalue weighted by Crippen LogP contribution is 2.49. The SMILES string of the molecule is C[C@@]1(O)CC[C@@H]2C(C(=O)O)=CO[C@@H](O[C@@H]3O[C@H](COC(=O)/C=C/c4ccc(O)cc4)[C@H](O)[C@H](O)[C@H]3O)[C@@H]21. The molecule has 0 amide bonds. The van der Waals surface area contributed by atoms with Crippen LogP contribution >= 0.6 is 0 Å². The number of carboxylic acid groups (broad SMARTS) is 1. The maximum Gasteiger partial charge on any atom is 0.334 e. The molecular formula is C25H30O12. The summed E-state index contributed by atoms with van der Waals surface area (Å²) in [6, 6.07) is 6.07. The Morgan fingerprint density at radius 3 is 2.49 bits per heavy atom. The van der Waals surface area contributed by atoms with Gasteiger partial charge in [-0.15, -0.1) is 0 Å². The molecule has 2 aliphatic heterocycles. The Bertz CT molecular complexity index is 1050. The minimum absolute atomic E-state index is 0.00617. The summed E-state index contributed by atoms with van der Waals surface area (Å²) in [5.41, 5.74) is -0.710. The summed E-state index contributed by atoms with van der Waals surface area (Å²) in [5, 5.41) is 60.8. The molecular weight excluding hydrogens is 492 g/mol. The van der Waals surface area contributed by atoms with E-state index in [2.05, 4.69) is 0 Å². The molecule has 37 heavy (non-hydrogen) atoms. The van der Waals surface area contributed by atoms with Crippen molar-refractivity contribution in [3.8, 4) is 5.75 Å². The first kappa shape index (κ1) is 27.0. The summed E-state index contributed by atoms with van der Waals surface area (Å²) in [5.74, 6) is -3.25. The molecule has 2 heterocycles. The maximum atomic E-state index is 12.1. The van der Waals surface area contributed by atoms with Crippen molar-refractivity contribution in [3.63, 3.8) is 0 Å². The minimum Gasteiger partial charge on any atom is -0.508 e. The number of hydrogen-bond donors (Lipinski definition) is 6. The number of benzene rings is 1. The molecule has 2 fully saturated rings. The fourth-order valence-electron chi connectivity index (χ4n) is 4.96. The van der Waals surface area contributed by atoms with Crippen LogP contribution in [0.1, 0.15) is 25.3 Å². The molecule has 1 aromatic rings. The molecule has 1 aliphatic carbocycles. The number of aliphatic hydroxyl groups is 4. The number of aliphatic hydroxyl groups excluding tert-OH is 3. The molecule has 0 radical (unpaired) electrons. The van der Waals surface area contributed by atoms with E-state index in [0.717, 1.165) is 12.3 Å². The Morgan fingerprint density at radius 2 is 1.81 bits per heavy atom. The van der Waals surface area contributed by atoms with Gasteiger partial charge in [0.1, 0.15) is 36.8 Å². The topological polar surface area (TPSA) is 192 Å². The van der Waals surface area contributed by atoms with Gasteiger partial charge in [0.2, 0.25) is 6.29 Å². The quantitative estimate of drug-likeness (QED) is 0.206. The lowest BCUT2D eigenvalue weighted by Crippen LogP contribution is -2.61. The fourth-order valence-corrected chi connectivity index (χ4v) is 4.96. The van der Waals surface area contributed by atoms with Crippen molar-refractivity contribution in [3.05, 3.63) is 47.7 Å². The molecule has 1 saturated carbocycles. The van der Waals surface area contributed by atoms with Crippen LogP contribution in [0.15, 0.2) is 42.2 Å². The molecule has 4 rings (SSSR count). The highest BCUT2D eigenvalue weighted by molar-refractivity contribution is 5.87. The van der Waals surface area contributed by atoms with Gasteiger partial charge < -0.3 is 49.6 Å². The average Bonchev–Trinajstić information content (AvgIpc) is 3.18. The highest BCUT2D eigenvalue weighted by atomic mass is 16.8. The summed E-state index contributed by atoms with van der Waals surface area (Å²) in [7, 11) is 0. The van der Waals surface area contributed by atoms with Gasteiger partial charge in [-0.25, -0.2) is 9.59 Å². The van der Waals surface area contributed by atoms with Gasteiger partial charge in [-0.2, -0.15) is 0 Å². The van der Waals surface area contributed by atoms with E-state index in [0.29, 0.717) is 18.4 Å². The van der Waals surface area contributed by atoms with Gasteiger partial charge in [0, 0.05) is 12.0 Å². The first-order valence-corrected chi connectivity index (χ1v) is 11.8. The lowest BCUT2D eigenvalue weighted by Gasteiger charge is -2.44. The van der Waals surface area contributed by atoms with Crippen molar-refractivity contribution < 1.29 is 59.2 Å². The summed E-state index contributed by atoms with van der Waals surface area (Å²) < 4.78 is 21.9. The van der Waals surface area contributed by atoms with Crippen molar-refractivity contribution in [1.29, 1.82) is 0 Å². The molecule has 202 valence electrons. The van der Waals surface area contributed by atoms with Crippen molar-refractivity contribution in [2.45, 2.75) is 62.4 Å². The van der Waals surface area contributed by atoms with E-state index in [-0.39, 0.29) is 11.3 Å². The van der Waals surface area contributed by atoms with E-state index in [4.69, 9.17) is 18.9 Å². The zero-order valence-electron chi connectivity index (χ0n) is 19.9. The van der Waals surface area contributed by atoms with Crippen molar-refractivity contribution >= 4 is 18.0 Å². The van der Waals surface area contributed by atoms with Gasteiger partial charge in [0.25, 0.3) is 0 Å². The first-order chi connectivity index (χ1) is 17.5. The van der Waals surface area contributed by atoms with Gasteiger partial charge in [0.15, 0.2) is 6.29 Å². The molecule has 9 atom stereocenters. The zero-order valence-corrected chi connectivity index (χ0v) is 19.9. The lowest BCUT2D eigenvalue weighted by atomic mass is 9.81. The van der Waals surface area contributed by atoms with Gasteiger partial charge in [-0.1, -0.05) is 12.1 Å². The molecule has 0 bridgehead atoms. The number of hydrogen-bond acceptors (Lipinski definition) is 11. The number of carbonyl (C=O) groups is 2. The number of phenolic OH excluding ortho intramolecular Hbond substituents is 1. The smallest absolute Gasteiger partial charge is 0.334 e. The van der Waals surface area contributed by atoms with Gasteiger partial charge in [-0.3, -0.25) is 0 Å².